The third kappa shape index (κ3) is 8.00. The Morgan fingerprint density at radius 1 is 0.523 bits per heavy atom. The highest BCUT2D eigenvalue weighted by Crippen LogP contribution is 2.61. The monoisotopic (exact) mass is 860 g/mol. The number of aryl methyl sites for hydroxylation is 1. The first-order chi connectivity index (χ1) is 32.0. The molecule has 4 bridgehead atoms. The summed E-state index contributed by atoms with van der Waals surface area (Å²) in [5, 5.41) is 16.0. The number of nitrogens with zero attached hydrogens (tertiary/aromatic N) is 6. The van der Waals surface area contributed by atoms with Gasteiger partial charge in [-0.15, -0.1) is 20.4 Å². The van der Waals surface area contributed by atoms with Gasteiger partial charge in [0.1, 0.15) is 24.7 Å². The molecule has 0 N–H and O–H groups in total. The van der Waals surface area contributed by atoms with Crippen LogP contribution in [0.2, 0.25) is 0 Å². The van der Waals surface area contributed by atoms with E-state index in [1.807, 2.05) is 43.3 Å². The predicted molar refractivity (Wildman–Crippen MR) is 247 cm³/mol. The summed E-state index contributed by atoms with van der Waals surface area (Å²) in [6, 6.07) is 46.8. The van der Waals surface area contributed by atoms with Crippen molar-refractivity contribution in [2.45, 2.75) is 82.3 Å². The summed E-state index contributed by atoms with van der Waals surface area (Å²) in [6.45, 7) is 2.78. The predicted octanol–water partition coefficient (Wildman–Crippen LogP) is 11.9. The zero-order valence-corrected chi connectivity index (χ0v) is 36.6. The second-order valence-electron chi connectivity index (χ2n) is 18.4. The zero-order valence-electron chi connectivity index (χ0n) is 36.6. The minimum atomic E-state index is 0.0612. The van der Waals surface area contributed by atoms with Crippen LogP contribution < -0.4 is 9.47 Å². The molecule has 326 valence electrons. The van der Waals surface area contributed by atoms with E-state index >= 15 is 0 Å². The van der Waals surface area contributed by atoms with E-state index in [2.05, 4.69) is 127 Å². The summed E-state index contributed by atoms with van der Waals surface area (Å²) >= 11 is 0. The van der Waals surface area contributed by atoms with Crippen LogP contribution in [0.15, 0.2) is 161 Å². The van der Waals surface area contributed by atoms with Crippen molar-refractivity contribution in [2.75, 3.05) is 0 Å². The number of ether oxygens (including phenoxy) is 2. The second kappa shape index (κ2) is 17.6. The zero-order chi connectivity index (χ0) is 43.6. The lowest BCUT2D eigenvalue weighted by Gasteiger charge is -2.39. The number of pyridine rings is 2. The molecule has 4 aliphatic carbocycles. The standard InChI is InChI=1S/C28H27N3O2.C27H25N3O2/c1-19-30-31-27(33-19)21-6-9-22(10-7-21)28(17-20-5-8-24(28)16-20)23-11-13-26(14-12-23)32-18-25-4-2-3-15-29-25;1-2-14-28-24(3-1)17-31-25-12-10-22(11-13-25)27(16-19-4-7-23(27)15-19)21-8-5-20(6-9-21)26-30-29-18-32-26/h2-4,6-7,9-15,20,24H,5,8,16-18H2,1H3;1-3,5-6,8-14,18-19,23H,4,7,15-17H2/t20?,24-,28+;19?,23-,27+/m11/s1. The maximum atomic E-state index is 5.99. The Morgan fingerprint density at radius 2 is 1.00 bits per heavy atom. The first-order valence-electron chi connectivity index (χ1n) is 23.1. The third-order valence-corrected chi connectivity index (χ3v) is 14.8. The molecule has 0 saturated heterocycles. The van der Waals surface area contributed by atoms with Gasteiger partial charge in [-0.3, -0.25) is 9.97 Å². The minimum absolute atomic E-state index is 0.0612. The van der Waals surface area contributed by atoms with Crippen molar-refractivity contribution in [3.63, 3.8) is 0 Å². The van der Waals surface area contributed by atoms with Gasteiger partial charge in [-0.2, -0.15) is 0 Å². The highest BCUT2D eigenvalue weighted by Gasteiger charge is 2.54. The smallest absolute Gasteiger partial charge is 0.247 e. The van der Waals surface area contributed by atoms with Crippen molar-refractivity contribution < 1.29 is 18.3 Å². The fourth-order valence-corrected chi connectivity index (χ4v) is 11.9. The summed E-state index contributed by atoms with van der Waals surface area (Å²) in [6.07, 6.45) is 15.4. The van der Waals surface area contributed by atoms with Crippen LogP contribution in [-0.2, 0) is 24.0 Å². The number of hydrogen-bond donors (Lipinski definition) is 0. The van der Waals surface area contributed by atoms with Crippen molar-refractivity contribution in [2.24, 2.45) is 23.7 Å². The Hall–Kier alpha value is -6.94. The van der Waals surface area contributed by atoms with E-state index in [-0.39, 0.29) is 10.8 Å². The van der Waals surface area contributed by atoms with Gasteiger partial charge < -0.3 is 18.3 Å². The summed E-state index contributed by atoms with van der Waals surface area (Å²) in [4.78, 5) is 8.68. The van der Waals surface area contributed by atoms with Crippen molar-refractivity contribution in [1.82, 2.24) is 30.4 Å². The van der Waals surface area contributed by atoms with Gasteiger partial charge in [0.15, 0.2) is 0 Å². The van der Waals surface area contributed by atoms with Gasteiger partial charge in [0.2, 0.25) is 24.1 Å². The van der Waals surface area contributed by atoms with E-state index in [4.69, 9.17) is 18.3 Å². The Balaban J connectivity index is 0.000000144. The van der Waals surface area contributed by atoms with Gasteiger partial charge >= 0.3 is 0 Å². The number of benzene rings is 4. The fourth-order valence-electron chi connectivity index (χ4n) is 11.9. The van der Waals surface area contributed by atoms with Gasteiger partial charge in [0, 0.05) is 41.3 Å². The van der Waals surface area contributed by atoms with E-state index in [9.17, 15) is 0 Å². The molecule has 0 radical (unpaired) electrons. The average molecular weight is 861 g/mol. The molecule has 4 aromatic heterocycles. The summed E-state index contributed by atoms with van der Waals surface area (Å²) in [5.74, 6) is 6.48. The lowest BCUT2D eigenvalue weighted by atomic mass is 9.64. The number of rotatable bonds is 12. The molecule has 10 nitrogen and oxygen atoms in total. The molecule has 0 spiro atoms. The summed E-state index contributed by atoms with van der Waals surface area (Å²) in [7, 11) is 0. The van der Waals surface area contributed by atoms with Gasteiger partial charge in [-0.25, -0.2) is 0 Å². The number of fused-ring (bicyclic) bond motifs is 4. The van der Waals surface area contributed by atoms with Gasteiger partial charge in [-0.05, 0) is 157 Å². The number of hydrogen-bond acceptors (Lipinski definition) is 10. The van der Waals surface area contributed by atoms with Crippen molar-refractivity contribution >= 4 is 0 Å². The molecule has 12 rings (SSSR count). The van der Waals surface area contributed by atoms with E-state index < -0.39 is 0 Å². The maximum absolute atomic E-state index is 5.99. The molecule has 4 saturated carbocycles. The molecule has 0 amide bonds. The molecule has 4 heterocycles. The summed E-state index contributed by atoms with van der Waals surface area (Å²) in [5.41, 5.74) is 9.47. The van der Waals surface area contributed by atoms with Crippen LogP contribution in [0, 0.1) is 30.6 Å². The van der Waals surface area contributed by atoms with Crippen LogP contribution in [0.3, 0.4) is 0 Å². The van der Waals surface area contributed by atoms with Crippen LogP contribution in [0.5, 0.6) is 11.5 Å². The highest BCUT2D eigenvalue weighted by atomic mass is 16.5. The van der Waals surface area contributed by atoms with Gasteiger partial charge in [0.25, 0.3) is 0 Å². The van der Waals surface area contributed by atoms with E-state index in [1.165, 1.54) is 80.0 Å². The molecule has 4 aliphatic rings. The molecular formula is C55H52N6O4. The molecule has 10 heteroatoms. The lowest BCUT2D eigenvalue weighted by Crippen LogP contribution is -2.34. The van der Waals surface area contributed by atoms with Crippen LogP contribution in [-0.4, -0.2) is 30.4 Å². The van der Waals surface area contributed by atoms with Crippen LogP contribution >= 0.6 is 0 Å². The van der Waals surface area contributed by atoms with Crippen molar-refractivity contribution in [3.8, 4) is 34.4 Å². The van der Waals surface area contributed by atoms with Gasteiger partial charge in [-0.1, -0.05) is 73.5 Å². The largest absolute Gasteiger partial charge is 0.487 e. The Kier molecular flexibility index (Phi) is 11.0. The topological polar surface area (TPSA) is 122 Å². The quantitative estimate of drug-likeness (QED) is 0.117. The fraction of sp³-hybridized carbons (Fsp3) is 0.309. The Bertz CT molecular complexity index is 2800. The van der Waals surface area contributed by atoms with E-state index in [0.29, 0.717) is 42.7 Å². The van der Waals surface area contributed by atoms with Crippen molar-refractivity contribution in [3.05, 3.63) is 192 Å². The van der Waals surface area contributed by atoms with Crippen LogP contribution in [0.25, 0.3) is 22.9 Å². The van der Waals surface area contributed by atoms with E-state index in [0.717, 1.165) is 45.8 Å². The minimum Gasteiger partial charge on any atom is -0.487 e. The average Bonchev–Trinajstić information content (AvgIpc) is 4.26. The third-order valence-electron chi connectivity index (χ3n) is 14.8. The second-order valence-corrected chi connectivity index (χ2v) is 18.4. The first kappa shape index (κ1) is 40.8. The highest BCUT2D eigenvalue weighted by molar-refractivity contribution is 5.57. The lowest BCUT2D eigenvalue weighted by molar-refractivity contribution is 0.299. The maximum Gasteiger partial charge on any atom is 0.247 e. The molecule has 65 heavy (non-hydrogen) atoms. The SMILES string of the molecule is Cc1nnc(-c2ccc([C@]3(c4ccc(OCc5ccccn5)cc4)CC4CC[C@@H]3C4)cc2)o1.c1ccc(COc2ccc([C@@]3(c4ccc(-c5nnco5)cc4)CC4CC[C@@H]3C4)cc2)nc1. The Morgan fingerprint density at radius 3 is 1.37 bits per heavy atom. The molecular weight excluding hydrogens is 809 g/mol. The van der Waals surface area contributed by atoms with E-state index in [1.54, 1.807) is 12.4 Å². The molecule has 0 aliphatic heterocycles. The summed E-state index contributed by atoms with van der Waals surface area (Å²) < 4.78 is 23.0. The molecule has 6 atom stereocenters. The van der Waals surface area contributed by atoms with Crippen LogP contribution in [0.4, 0.5) is 0 Å². The van der Waals surface area contributed by atoms with Crippen molar-refractivity contribution in [1.29, 1.82) is 0 Å². The number of aromatic nitrogens is 6. The van der Waals surface area contributed by atoms with Crippen LogP contribution in [0.1, 0.15) is 90.9 Å². The van der Waals surface area contributed by atoms with Gasteiger partial charge in [0.05, 0.1) is 11.4 Å². The Labute approximate surface area is 379 Å². The normalized spacial score (nSPS) is 23.8. The molecule has 4 fully saturated rings. The molecule has 2 unspecified atom stereocenters. The molecule has 8 aromatic rings. The first-order valence-corrected chi connectivity index (χ1v) is 23.1. The molecule has 4 aromatic carbocycles.